The second-order valence-electron chi connectivity index (χ2n) is 10.3. The summed E-state index contributed by atoms with van der Waals surface area (Å²) in [6.07, 6.45) is 8.38. The average molecular weight is 374 g/mol. The minimum atomic E-state index is -0.498. The van der Waals surface area contributed by atoms with Crippen LogP contribution < -0.4 is 0 Å². The lowest BCUT2D eigenvalue weighted by atomic mass is 9.70. The molecule has 7 atom stereocenters. The number of fused-ring (bicyclic) bond motifs is 3. The largest absolute Gasteiger partial charge is 0.502 e. The van der Waals surface area contributed by atoms with Gasteiger partial charge in [-0.15, -0.1) is 0 Å². The van der Waals surface area contributed by atoms with Gasteiger partial charge in [-0.05, 0) is 38.5 Å². The second-order valence-corrected chi connectivity index (χ2v) is 10.3. The molecule has 0 aromatic rings. The van der Waals surface area contributed by atoms with E-state index in [4.69, 9.17) is 14.2 Å². The zero-order chi connectivity index (χ0) is 19.2. The van der Waals surface area contributed by atoms with E-state index in [0.29, 0.717) is 18.5 Å². The smallest absolute Gasteiger partial charge is 0.206 e. The van der Waals surface area contributed by atoms with E-state index in [0.717, 1.165) is 25.7 Å². The van der Waals surface area contributed by atoms with Gasteiger partial charge in [0.1, 0.15) is 11.4 Å². The summed E-state index contributed by atoms with van der Waals surface area (Å²) in [5, 5.41) is 10.4. The Balaban J connectivity index is 1.53. The maximum absolute atomic E-state index is 12.4. The molecule has 0 saturated carbocycles. The van der Waals surface area contributed by atoms with Gasteiger partial charge in [-0.1, -0.05) is 26.0 Å². The third kappa shape index (κ3) is 2.54. The molecular formula is C22H30O5. The van der Waals surface area contributed by atoms with E-state index in [2.05, 4.69) is 39.8 Å². The van der Waals surface area contributed by atoms with Crippen molar-refractivity contribution in [3.63, 3.8) is 0 Å². The molecule has 3 heterocycles. The van der Waals surface area contributed by atoms with Gasteiger partial charge in [-0.3, -0.25) is 4.79 Å². The van der Waals surface area contributed by atoms with Crippen LogP contribution in [0, 0.1) is 23.2 Å². The summed E-state index contributed by atoms with van der Waals surface area (Å²) in [4.78, 5) is 12.4. The molecule has 5 nitrogen and oxygen atoms in total. The van der Waals surface area contributed by atoms with Crippen molar-refractivity contribution in [1.82, 2.24) is 0 Å². The number of carbonyl (C=O) groups excluding carboxylic acids is 1. The van der Waals surface area contributed by atoms with Crippen LogP contribution in [-0.2, 0) is 19.0 Å². The van der Waals surface area contributed by atoms with Crippen molar-refractivity contribution in [3.8, 4) is 0 Å². The quantitative estimate of drug-likeness (QED) is 0.517. The highest BCUT2D eigenvalue weighted by Gasteiger charge is 2.63. The van der Waals surface area contributed by atoms with Crippen molar-refractivity contribution in [2.45, 2.75) is 76.8 Å². The van der Waals surface area contributed by atoms with Gasteiger partial charge in [0.2, 0.25) is 5.78 Å². The fourth-order valence-corrected chi connectivity index (χ4v) is 5.86. The molecule has 3 fully saturated rings. The van der Waals surface area contributed by atoms with Crippen molar-refractivity contribution < 1.29 is 24.1 Å². The van der Waals surface area contributed by atoms with Crippen molar-refractivity contribution in [2.24, 2.45) is 23.2 Å². The van der Waals surface area contributed by atoms with Crippen LogP contribution in [0.25, 0.3) is 0 Å². The van der Waals surface area contributed by atoms with Crippen molar-refractivity contribution in [3.05, 3.63) is 23.7 Å². The summed E-state index contributed by atoms with van der Waals surface area (Å²) in [6, 6.07) is 0. The molecule has 0 aromatic carbocycles. The van der Waals surface area contributed by atoms with Crippen LogP contribution in [0.3, 0.4) is 0 Å². The van der Waals surface area contributed by atoms with Crippen LogP contribution in [0.4, 0.5) is 0 Å². The van der Waals surface area contributed by atoms with E-state index in [1.54, 1.807) is 0 Å². The first kappa shape index (κ1) is 17.7. The standard InChI is InChI=1S/C22H30O5/c1-20(2)7-5-8-21(3)13(6-9-22(4)14(10-20)26-22)18-15-12(11-25-18)16(23)17(24)19(15)27-21/h5,7,12-15,18,24H,6,8-11H2,1-4H3/b7-5+/t12-,13-,14?,15-,18-,21-,22?/m0/s1. The number of allylic oxidation sites excluding steroid dienone is 2. The number of ketones is 1. The molecule has 0 amide bonds. The van der Waals surface area contributed by atoms with Gasteiger partial charge in [-0.2, -0.15) is 0 Å². The average Bonchev–Trinajstić information content (AvgIpc) is 2.92. The zero-order valence-corrected chi connectivity index (χ0v) is 16.7. The Bertz CT molecular complexity index is 752. The van der Waals surface area contributed by atoms with Gasteiger partial charge in [-0.25, -0.2) is 0 Å². The first-order chi connectivity index (χ1) is 12.6. The van der Waals surface area contributed by atoms with E-state index in [9.17, 15) is 9.90 Å². The summed E-state index contributed by atoms with van der Waals surface area (Å²) in [7, 11) is 0. The Morgan fingerprint density at radius 2 is 1.96 bits per heavy atom. The minimum Gasteiger partial charge on any atom is -0.502 e. The molecule has 0 bridgehead atoms. The number of aliphatic hydroxyl groups is 1. The van der Waals surface area contributed by atoms with Gasteiger partial charge < -0.3 is 19.3 Å². The molecule has 1 N–H and O–H groups in total. The lowest BCUT2D eigenvalue weighted by Crippen LogP contribution is -2.51. The Hall–Kier alpha value is -1.33. The molecule has 0 spiro atoms. The van der Waals surface area contributed by atoms with E-state index in [1.165, 1.54) is 0 Å². The molecule has 5 aliphatic rings. The molecule has 0 radical (unpaired) electrons. The van der Waals surface area contributed by atoms with Crippen molar-refractivity contribution >= 4 is 5.78 Å². The van der Waals surface area contributed by atoms with Crippen LogP contribution >= 0.6 is 0 Å². The van der Waals surface area contributed by atoms with Crippen LogP contribution in [0.15, 0.2) is 23.7 Å². The maximum atomic E-state index is 12.4. The van der Waals surface area contributed by atoms with Gasteiger partial charge in [0, 0.05) is 12.3 Å². The molecule has 2 aliphatic carbocycles. The summed E-state index contributed by atoms with van der Waals surface area (Å²) in [5.41, 5.74) is -0.505. The predicted octanol–water partition coefficient (Wildman–Crippen LogP) is 3.69. The summed E-state index contributed by atoms with van der Waals surface area (Å²) in [5.74, 6) is -0.138. The molecular weight excluding hydrogens is 344 g/mol. The first-order valence-electron chi connectivity index (χ1n) is 10.3. The van der Waals surface area contributed by atoms with Crippen LogP contribution in [0.2, 0.25) is 0 Å². The van der Waals surface area contributed by atoms with Gasteiger partial charge in [0.25, 0.3) is 0 Å². The van der Waals surface area contributed by atoms with Crippen molar-refractivity contribution in [2.75, 3.05) is 6.61 Å². The van der Waals surface area contributed by atoms with Gasteiger partial charge in [0.15, 0.2) is 5.76 Å². The molecule has 3 saturated heterocycles. The number of carbonyl (C=O) groups is 1. The molecule has 0 aromatic heterocycles. The highest BCUT2D eigenvalue weighted by molar-refractivity contribution is 5.99. The molecule has 5 rings (SSSR count). The predicted molar refractivity (Wildman–Crippen MR) is 99.0 cm³/mol. The third-order valence-corrected chi connectivity index (χ3v) is 7.68. The van der Waals surface area contributed by atoms with E-state index in [-0.39, 0.29) is 46.4 Å². The molecule has 2 unspecified atom stereocenters. The molecule has 27 heavy (non-hydrogen) atoms. The monoisotopic (exact) mass is 374 g/mol. The Kier molecular flexibility index (Phi) is 3.54. The normalized spacial score (nSPS) is 51.6. The Morgan fingerprint density at radius 1 is 1.19 bits per heavy atom. The van der Waals surface area contributed by atoms with Crippen molar-refractivity contribution in [1.29, 1.82) is 0 Å². The highest BCUT2D eigenvalue weighted by atomic mass is 16.6. The fourth-order valence-electron chi connectivity index (χ4n) is 5.86. The number of hydrogen-bond donors (Lipinski definition) is 1. The lowest BCUT2D eigenvalue weighted by Gasteiger charge is -2.47. The number of ether oxygens (including phenoxy) is 3. The van der Waals surface area contributed by atoms with E-state index in [1.807, 2.05) is 0 Å². The minimum absolute atomic E-state index is 0.0650. The summed E-state index contributed by atoms with van der Waals surface area (Å²) < 4.78 is 18.7. The topological polar surface area (TPSA) is 68.3 Å². The number of aliphatic hydroxyl groups excluding tert-OH is 1. The first-order valence-corrected chi connectivity index (χ1v) is 10.3. The van der Waals surface area contributed by atoms with Gasteiger partial charge in [0.05, 0.1) is 36.3 Å². The lowest BCUT2D eigenvalue weighted by molar-refractivity contribution is -0.140. The molecule has 148 valence electrons. The number of hydrogen-bond acceptors (Lipinski definition) is 5. The van der Waals surface area contributed by atoms with E-state index < -0.39 is 5.60 Å². The van der Waals surface area contributed by atoms with E-state index >= 15 is 0 Å². The molecule has 5 heteroatoms. The van der Waals surface area contributed by atoms with Gasteiger partial charge >= 0.3 is 0 Å². The van der Waals surface area contributed by atoms with Crippen LogP contribution in [0.1, 0.15) is 53.4 Å². The summed E-state index contributed by atoms with van der Waals surface area (Å²) in [6.45, 7) is 9.20. The second kappa shape index (κ2) is 5.38. The summed E-state index contributed by atoms with van der Waals surface area (Å²) >= 11 is 0. The fraction of sp³-hybridized carbons (Fsp3) is 0.773. The Labute approximate surface area is 160 Å². The number of rotatable bonds is 0. The van der Waals surface area contributed by atoms with Crippen LogP contribution in [-0.4, -0.2) is 40.9 Å². The Morgan fingerprint density at radius 3 is 2.74 bits per heavy atom. The highest BCUT2D eigenvalue weighted by Crippen LogP contribution is 2.56. The maximum Gasteiger partial charge on any atom is 0.206 e. The zero-order valence-electron chi connectivity index (χ0n) is 16.7. The third-order valence-electron chi connectivity index (χ3n) is 7.68. The SMILES string of the molecule is CC1(C)/C=C/C[C@]2(C)OC3=C(O)C(=O)[C@H]4CO[C@H]([C@@H]34)[C@@H]2CCC2(C)OC2C1. The number of epoxide rings is 1. The van der Waals surface area contributed by atoms with Crippen LogP contribution in [0.5, 0.6) is 0 Å². The number of Topliss-reactive ketones (excluding diaryl/α,β-unsaturated/α-hetero) is 1. The molecule has 3 aliphatic heterocycles.